The zero-order valence-electron chi connectivity index (χ0n) is 9.58. The fraction of sp³-hybridized carbons (Fsp3) is 0.615. The monoisotopic (exact) mass is 204 g/mol. The van der Waals surface area contributed by atoms with E-state index >= 15 is 0 Å². The number of piperidine rings is 1. The second-order valence-corrected chi connectivity index (χ2v) is 4.28. The zero-order valence-corrected chi connectivity index (χ0v) is 9.58. The van der Waals surface area contributed by atoms with Crippen LogP contribution in [0.25, 0.3) is 0 Å². The smallest absolute Gasteiger partial charge is 0.131 e. The lowest BCUT2D eigenvalue weighted by molar-refractivity contribution is 0.571. The Morgan fingerprint density at radius 3 is 2.80 bits per heavy atom. The van der Waals surface area contributed by atoms with Crippen LogP contribution < -0.4 is 4.90 Å². The van der Waals surface area contributed by atoms with Crippen LogP contribution in [0.4, 0.5) is 5.82 Å². The van der Waals surface area contributed by atoms with Crippen molar-refractivity contribution in [3.8, 4) is 0 Å². The summed E-state index contributed by atoms with van der Waals surface area (Å²) in [4.78, 5) is 7.00. The van der Waals surface area contributed by atoms with Gasteiger partial charge in [-0.25, -0.2) is 4.98 Å². The molecule has 1 aromatic rings. The SMILES string of the molecule is CCCc1cccnc1N1CCCCC1. The standard InChI is InChI=1S/C13H20N2/c1-2-7-12-8-6-9-14-13(12)15-10-4-3-5-11-15/h6,8-9H,2-5,7,10-11H2,1H3. The largest absolute Gasteiger partial charge is 0.356 e. The highest BCUT2D eigenvalue weighted by Gasteiger charge is 2.14. The summed E-state index contributed by atoms with van der Waals surface area (Å²) in [5.41, 5.74) is 1.42. The van der Waals surface area contributed by atoms with Gasteiger partial charge in [-0.05, 0) is 37.3 Å². The second-order valence-electron chi connectivity index (χ2n) is 4.28. The summed E-state index contributed by atoms with van der Waals surface area (Å²) in [6, 6.07) is 4.28. The van der Waals surface area contributed by atoms with E-state index in [9.17, 15) is 0 Å². The first-order chi connectivity index (χ1) is 7.42. The molecule has 1 fully saturated rings. The third-order valence-corrected chi connectivity index (χ3v) is 3.04. The maximum atomic E-state index is 4.55. The number of aryl methyl sites for hydroxylation is 1. The van der Waals surface area contributed by atoms with Crippen molar-refractivity contribution in [2.24, 2.45) is 0 Å². The van der Waals surface area contributed by atoms with Crippen LogP contribution in [0.3, 0.4) is 0 Å². The van der Waals surface area contributed by atoms with Crippen molar-refractivity contribution in [1.82, 2.24) is 4.98 Å². The van der Waals surface area contributed by atoms with Gasteiger partial charge in [-0.3, -0.25) is 0 Å². The van der Waals surface area contributed by atoms with Gasteiger partial charge < -0.3 is 4.90 Å². The van der Waals surface area contributed by atoms with Crippen LogP contribution in [0, 0.1) is 0 Å². The Kier molecular flexibility index (Phi) is 3.59. The summed E-state index contributed by atoms with van der Waals surface area (Å²) in [5.74, 6) is 1.24. The molecule has 15 heavy (non-hydrogen) atoms. The van der Waals surface area contributed by atoms with Crippen LogP contribution in [-0.2, 0) is 6.42 Å². The van der Waals surface area contributed by atoms with Crippen molar-refractivity contribution < 1.29 is 0 Å². The molecular weight excluding hydrogens is 184 g/mol. The molecule has 0 saturated carbocycles. The maximum Gasteiger partial charge on any atom is 0.131 e. The molecule has 2 heterocycles. The lowest BCUT2D eigenvalue weighted by Crippen LogP contribution is -2.31. The van der Waals surface area contributed by atoms with E-state index in [0.717, 1.165) is 6.42 Å². The molecule has 0 spiro atoms. The van der Waals surface area contributed by atoms with E-state index in [1.54, 1.807) is 0 Å². The van der Waals surface area contributed by atoms with E-state index in [1.165, 1.54) is 50.2 Å². The summed E-state index contributed by atoms with van der Waals surface area (Å²) >= 11 is 0. The van der Waals surface area contributed by atoms with Crippen LogP contribution in [0.2, 0.25) is 0 Å². The van der Waals surface area contributed by atoms with E-state index in [0.29, 0.717) is 0 Å². The highest BCUT2D eigenvalue weighted by molar-refractivity contribution is 5.47. The van der Waals surface area contributed by atoms with Crippen molar-refractivity contribution in [3.63, 3.8) is 0 Å². The van der Waals surface area contributed by atoms with Gasteiger partial charge in [-0.15, -0.1) is 0 Å². The van der Waals surface area contributed by atoms with Crippen molar-refractivity contribution in [1.29, 1.82) is 0 Å². The first-order valence-corrected chi connectivity index (χ1v) is 6.10. The summed E-state index contributed by atoms with van der Waals surface area (Å²) in [7, 11) is 0. The predicted octanol–water partition coefficient (Wildman–Crippen LogP) is 3.02. The lowest BCUT2D eigenvalue weighted by atomic mass is 10.1. The van der Waals surface area contributed by atoms with Gasteiger partial charge in [0.2, 0.25) is 0 Å². The van der Waals surface area contributed by atoms with E-state index in [4.69, 9.17) is 0 Å². The normalized spacial score (nSPS) is 16.7. The van der Waals surface area contributed by atoms with Crippen molar-refractivity contribution in [2.75, 3.05) is 18.0 Å². The molecule has 0 bridgehead atoms. The molecule has 1 aliphatic heterocycles. The molecule has 0 unspecified atom stereocenters. The predicted molar refractivity (Wildman–Crippen MR) is 64.3 cm³/mol. The van der Waals surface area contributed by atoms with Gasteiger partial charge in [0.05, 0.1) is 0 Å². The molecule has 1 aromatic heterocycles. The first kappa shape index (κ1) is 10.5. The van der Waals surface area contributed by atoms with Crippen molar-refractivity contribution >= 4 is 5.82 Å². The molecule has 1 saturated heterocycles. The summed E-state index contributed by atoms with van der Waals surface area (Å²) in [6.45, 7) is 4.61. The van der Waals surface area contributed by atoms with E-state index < -0.39 is 0 Å². The lowest BCUT2D eigenvalue weighted by Gasteiger charge is -2.29. The minimum atomic E-state index is 1.15. The Bertz CT molecular complexity index is 303. The van der Waals surface area contributed by atoms with E-state index in [1.807, 2.05) is 6.20 Å². The maximum absolute atomic E-state index is 4.55. The van der Waals surface area contributed by atoms with Gasteiger partial charge in [0.25, 0.3) is 0 Å². The average Bonchev–Trinajstić information content (AvgIpc) is 2.31. The third kappa shape index (κ3) is 2.49. The van der Waals surface area contributed by atoms with Crippen LogP contribution in [0.15, 0.2) is 18.3 Å². The van der Waals surface area contributed by atoms with E-state index in [-0.39, 0.29) is 0 Å². The number of aromatic nitrogens is 1. The fourth-order valence-corrected chi connectivity index (χ4v) is 2.29. The highest BCUT2D eigenvalue weighted by atomic mass is 15.2. The van der Waals surface area contributed by atoms with Crippen LogP contribution >= 0.6 is 0 Å². The summed E-state index contributed by atoms with van der Waals surface area (Å²) in [6.07, 6.45) is 8.30. The topological polar surface area (TPSA) is 16.1 Å². The third-order valence-electron chi connectivity index (χ3n) is 3.04. The minimum absolute atomic E-state index is 1.15. The molecule has 1 aliphatic rings. The van der Waals surface area contributed by atoms with Gasteiger partial charge in [0.15, 0.2) is 0 Å². The highest BCUT2D eigenvalue weighted by Crippen LogP contribution is 2.22. The number of hydrogen-bond donors (Lipinski definition) is 0. The summed E-state index contributed by atoms with van der Waals surface area (Å²) < 4.78 is 0. The molecule has 0 amide bonds. The Morgan fingerprint density at radius 2 is 2.07 bits per heavy atom. The molecule has 0 atom stereocenters. The summed E-state index contributed by atoms with van der Waals surface area (Å²) in [5, 5.41) is 0. The van der Waals surface area contributed by atoms with Crippen molar-refractivity contribution in [2.45, 2.75) is 39.0 Å². The number of anilines is 1. The molecule has 2 nitrogen and oxygen atoms in total. The molecule has 0 radical (unpaired) electrons. The fourth-order valence-electron chi connectivity index (χ4n) is 2.29. The number of pyridine rings is 1. The Balaban J connectivity index is 2.17. The number of hydrogen-bond acceptors (Lipinski definition) is 2. The zero-order chi connectivity index (χ0) is 10.5. The van der Waals surface area contributed by atoms with Crippen LogP contribution in [0.5, 0.6) is 0 Å². The average molecular weight is 204 g/mol. The Hall–Kier alpha value is -1.05. The molecule has 2 rings (SSSR count). The van der Waals surface area contributed by atoms with Crippen molar-refractivity contribution in [3.05, 3.63) is 23.9 Å². The van der Waals surface area contributed by atoms with Crippen LogP contribution in [0.1, 0.15) is 38.2 Å². The first-order valence-electron chi connectivity index (χ1n) is 6.10. The quantitative estimate of drug-likeness (QED) is 0.752. The molecule has 0 aromatic carbocycles. The second kappa shape index (κ2) is 5.15. The molecule has 0 aliphatic carbocycles. The van der Waals surface area contributed by atoms with E-state index in [2.05, 4.69) is 28.9 Å². The Morgan fingerprint density at radius 1 is 1.27 bits per heavy atom. The molecular formula is C13H20N2. The molecule has 2 heteroatoms. The number of rotatable bonds is 3. The van der Waals surface area contributed by atoms with Gasteiger partial charge in [-0.2, -0.15) is 0 Å². The van der Waals surface area contributed by atoms with Gasteiger partial charge in [0, 0.05) is 19.3 Å². The van der Waals surface area contributed by atoms with Gasteiger partial charge in [0.1, 0.15) is 5.82 Å². The Labute approximate surface area is 92.3 Å². The van der Waals surface area contributed by atoms with Gasteiger partial charge in [-0.1, -0.05) is 19.4 Å². The molecule has 0 N–H and O–H groups in total. The number of nitrogens with zero attached hydrogens (tertiary/aromatic N) is 2. The minimum Gasteiger partial charge on any atom is -0.356 e. The van der Waals surface area contributed by atoms with Crippen LogP contribution in [-0.4, -0.2) is 18.1 Å². The molecule has 82 valence electrons. The van der Waals surface area contributed by atoms with Gasteiger partial charge >= 0.3 is 0 Å².